The van der Waals surface area contributed by atoms with Gasteiger partial charge in [-0.2, -0.15) is 11.8 Å². The van der Waals surface area contributed by atoms with Crippen molar-refractivity contribution in [2.24, 2.45) is 0 Å². The highest BCUT2D eigenvalue weighted by Gasteiger charge is 2.35. The van der Waals surface area contributed by atoms with Crippen molar-refractivity contribution in [3.05, 3.63) is 35.9 Å². The van der Waals surface area contributed by atoms with Gasteiger partial charge in [-0.25, -0.2) is 4.79 Å². The number of ether oxygens (including phenoxy) is 1. The van der Waals surface area contributed by atoms with Crippen LogP contribution >= 0.6 is 11.8 Å². The second-order valence-electron chi connectivity index (χ2n) is 5.02. The number of rotatable bonds is 4. The summed E-state index contributed by atoms with van der Waals surface area (Å²) in [5, 5.41) is 9.85. The number of thioether (sulfide) groups is 1. The first kappa shape index (κ1) is 15.0. The fraction of sp³-hybridized carbons (Fsp3) is 0.438. The number of phenolic OH excluding ortho intramolecular Hbond substituents is 1. The number of aromatic hydroxyl groups is 1. The highest BCUT2D eigenvalue weighted by atomic mass is 32.2. The molecule has 0 radical (unpaired) electrons. The standard InChI is InChI=1S/C16H20O3S/c1-3-12-5-6-14(17)13(11-12)15(18)19-16(4-2)7-9-20-10-8-16/h3,5-6,11,17H,1,4,7-10H2,2H3. The quantitative estimate of drug-likeness (QED) is 0.856. The van der Waals surface area contributed by atoms with Crippen LogP contribution in [-0.4, -0.2) is 28.2 Å². The summed E-state index contributed by atoms with van der Waals surface area (Å²) in [5.74, 6) is 1.54. The van der Waals surface area contributed by atoms with E-state index in [1.165, 1.54) is 6.07 Å². The first-order valence-corrected chi connectivity index (χ1v) is 8.02. The highest BCUT2D eigenvalue weighted by molar-refractivity contribution is 7.99. The van der Waals surface area contributed by atoms with Gasteiger partial charge in [-0.15, -0.1) is 0 Å². The smallest absolute Gasteiger partial charge is 0.342 e. The Morgan fingerprint density at radius 1 is 1.50 bits per heavy atom. The van der Waals surface area contributed by atoms with E-state index in [1.807, 2.05) is 18.7 Å². The predicted octanol–water partition coefficient (Wildman–Crippen LogP) is 3.87. The number of hydrogen-bond acceptors (Lipinski definition) is 4. The van der Waals surface area contributed by atoms with E-state index in [-0.39, 0.29) is 16.9 Å². The van der Waals surface area contributed by atoms with Crippen LogP contribution in [0.5, 0.6) is 5.75 Å². The van der Waals surface area contributed by atoms with Crippen LogP contribution in [0.4, 0.5) is 0 Å². The number of hydrogen-bond donors (Lipinski definition) is 1. The van der Waals surface area contributed by atoms with Gasteiger partial charge in [0.25, 0.3) is 0 Å². The molecule has 1 N–H and O–H groups in total. The minimum Gasteiger partial charge on any atom is -0.507 e. The third-order valence-corrected chi connectivity index (χ3v) is 4.82. The van der Waals surface area contributed by atoms with Gasteiger partial charge in [0.2, 0.25) is 0 Å². The van der Waals surface area contributed by atoms with Crippen LogP contribution < -0.4 is 0 Å². The molecule has 3 nitrogen and oxygen atoms in total. The first-order valence-electron chi connectivity index (χ1n) is 6.87. The van der Waals surface area contributed by atoms with Gasteiger partial charge in [0, 0.05) is 0 Å². The lowest BCUT2D eigenvalue weighted by Crippen LogP contribution is -2.38. The molecule has 1 saturated heterocycles. The molecule has 1 aliphatic heterocycles. The summed E-state index contributed by atoms with van der Waals surface area (Å²) >= 11 is 1.89. The normalized spacial score (nSPS) is 17.4. The monoisotopic (exact) mass is 292 g/mol. The Morgan fingerprint density at radius 2 is 2.20 bits per heavy atom. The van der Waals surface area contributed by atoms with Crippen molar-refractivity contribution in [2.45, 2.75) is 31.8 Å². The van der Waals surface area contributed by atoms with E-state index in [2.05, 4.69) is 6.58 Å². The van der Waals surface area contributed by atoms with E-state index < -0.39 is 5.97 Å². The molecule has 1 aromatic rings. The second kappa shape index (κ2) is 6.35. The van der Waals surface area contributed by atoms with Crippen molar-refractivity contribution >= 4 is 23.8 Å². The van der Waals surface area contributed by atoms with Crippen molar-refractivity contribution < 1.29 is 14.6 Å². The third-order valence-electron chi connectivity index (χ3n) is 3.83. The molecule has 2 rings (SSSR count). The summed E-state index contributed by atoms with van der Waals surface area (Å²) in [7, 11) is 0. The number of benzene rings is 1. The van der Waals surface area contributed by atoms with Crippen LogP contribution in [0, 0.1) is 0 Å². The summed E-state index contributed by atoms with van der Waals surface area (Å²) in [6, 6.07) is 4.83. The predicted molar refractivity (Wildman–Crippen MR) is 83.2 cm³/mol. The Kier molecular flexibility index (Phi) is 4.76. The molecule has 4 heteroatoms. The Balaban J connectivity index is 2.20. The second-order valence-corrected chi connectivity index (χ2v) is 6.24. The fourth-order valence-corrected chi connectivity index (χ4v) is 3.60. The lowest BCUT2D eigenvalue weighted by atomic mass is 9.93. The minimum absolute atomic E-state index is 0.0444. The third kappa shape index (κ3) is 3.18. The molecule has 0 atom stereocenters. The maximum absolute atomic E-state index is 12.3. The van der Waals surface area contributed by atoms with E-state index in [0.717, 1.165) is 36.3 Å². The van der Waals surface area contributed by atoms with Crippen LogP contribution in [0.2, 0.25) is 0 Å². The van der Waals surface area contributed by atoms with Gasteiger partial charge in [0.1, 0.15) is 16.9 Å². The number of esters is 1. The molecule has 20 heavy (non-hydrogen) atoms. The SMILES string of the molecule is C=Cc1ccc(O)c(C(=O)OC2(CC)CCSCC2)c1. The van der Waals surface area contributed by atoms with Crippen LogP contribution in [0.3, 0.4) is 0 Å². The maximum Gasteiger partial charge on any atom is 0.342 e. The van der Waals surface area contributed by atoms with Crippen LogP contribution in [-0.2, 0) is 4.74 Å². The number of phenols is 1. The number of carbonyl (C=O) groups excluding carboxylic acids is 1. The zero-order valence-corrected chi connectivity index (χ0v) is 12.5. The molecular formula is C16H20O3S. The molecule has 108 valence electrons. The highest BCUT2D eigenvalue weighted by Crippen LogP contribution is 2.34. The molecule has 1 aromatic carbocycles. The topological polar surface area (TPSA) is 46.5 Å². The summed E-state index contributed by atoms with van der Waals surface area (Å²) < 4.78 is 5.75. The summed E-state index contributed by atoms with van der Waals surface area (Å²) in [4.78, 5) is 12.3. The zero-order chi connectivity index (χ0) is 14.6. The summed E-state index contributed by atoms with van der Waals surface area (Å²) in [5.41, 5.74) is 0.631. The average Bonchev–Trinajstić information content (AvgIpc) is 2.48. The van der Waals surface area contributed by atoms with E-state index in [4.69, 9.17) is 4.74 Å². The Bertz CT molecular complexity index is 504. The van der Waals surface area contributed by atoms with Gasteiger partial charge >= 0.3 is 5.97 Å². The van der Waals surface area contributed by atoms with Gasteiger partial charge in [-0.3, -0.25) is 0 Å². The Morgan fingerprint density at radius 3 is 2.80 bits per heavy atom. The van der Waals surface area contributed by atoms with Crippen molar-refractivity contribution in [1.29, 1.82) is 0 Å². The molecule has 1 fully saturated rings. The van der Waals surface area contributed by atoms with Gasteiger partial charge < -0.3 is 9.84 Å². The van der Waals surface area contributed by atoms with Gasteiger partial charge in [-0.1, -0.05) is 25.6 Å². The molecule has 0 spiro atoms. The van der Waals surface area contributed by atoms with Crippen molar-refractivity contribution in [3.8, 4) is 5.75 Å². The van der Waals surface area contributed by atoms with E-state index in [0.29, 0.717) is 0 Å². The minimum atomic E-state index is -0.444. The van der Waals surface area contributed by atoms with E-state index in [1.54, 1.807) is 18.2 Å². The van der Waals surface area contributed by atoms with E-state index in [9.17, 15) is 9.90 Å². The van der Waals surface area contributed by atoms with Crippen LogP contribution in [0.1, 0.15) is 42.1 Å². The molecule has 0 unspecified atom stereocenters. The Hall–Kier alpha value is -1.42. The molecule has 0 bridgehead atoms. The summed E-state index contributed by atoms with van der Waals surface area (Å²) in [6.07, 6.45) is 4.20. The van der Waals surface area contributed by atoms with Crippen molar-refractivity contribution in [3.63, 3.8) is 0 Å². The molecule has 0 amide bonds. The zero-order valence-electron chi connectivity index (χ0n) is 11.7. The lowest BCUT2D eigenvalue weighted by molar-refractivity contribution is -0.0252. The van der Waals surface area contributed by atoms with E-state index >= 15 is 0 Å². The first-order chi connectivity index (χ1) is 9.60. The van der Waals surface area contributed by atoms with Crippen molar-refractivity contribution in [2.75, 3.05) is 11.5 Å². The molecule has 0 saturated carbocycles. The summed E-state index contributed by atoms with van der Waals surface area (Å²) in [6.45, 7) is 5.71. The van der Waals surface area contributed by atoms with Gasteiger partial charge in [0.15, 0.2) is 0 Å². The maximum atomic E-state index is 12.3. The molecule has 1 aliphatic rings. The van der Waals surface area contributed by atoms with Crippen LogP contribution in [0.15, 0.2) is 24.8 Å². The fourth-order valence-electron chi connectivity index (χ4n) is 2.37. The average molecular weight is 292 g/mol. The molecular weight excluding hydrogens is 272 g/mol. The van der Waals surface area contributed by atoms with Crippen molar-refractivity contribution in [1.82, 2.24) is 0 Å². The molecule has 1 heterocycles. The van der Waals surface area contributed by atoms with Gasteiger partial charge in [-0.05, 0) is 48.5 Å². The molecule has 0 aromatic heterocycles. The lowest BCUT2D eigenvalue weighted by Gasteiger charge is -2.35. The van der Waals surface area contributed by atoms with Crippen LogP contribution in [0.25, 0.3) is 6.08 Å². The molecule has 0 aliphatic carbocycles. The Labute approximate surface area is 124 Å². The van der Waals surface area contributed by atoms with Gasteiger partial charge in [0.05, 0.1) is 0 Å². The largest absolute Gasteiger partial charge is 0.507 e. The number of carbonyl (C=O) groups is 1.